The predicted molar refractivity (Wildman–Crippen MR) is 120 cm³/mol. The zero-order valence-electron chi connectivity index (χ0n) is 18.9. The second kappa shape index (κ2) is 9.21. The fourth-order valence-electron chi connectivity index (χ4n) is 4.39. The highest BCUT2D eigenvalue weighted by Crippen LogP contribution is 2.31. The molecule has 33 heavy (non-hydrogen) atoms. The largest absolute Gasteiger partial charge is 0.417 e. The van der Waals surface area contributed by atoms with Gasteiger partial charge in [-0.15, -0.1) is 0 Å². The van der Waals surface area contributed by atoms with E-state index in [0.29, 0.717) is 31.8 Å². The molecule has 4 rings (SSSR count). The zero-order valence-corrected chi connectivity index (χ0v) is 18.9. The molecular formula is C24H29F3N4O2. The van der Waals surface area contributed by atoms with Crippen molar-refractivity contribution in [1.29, 1.82) is 0 Å². The molecule has 1 N–H and O–H groups in total. The van der Waals surface area contributed by atoms with Crippen LogP contribution in [0.4, 0.5) is 24.5 Å². The van der Waals surface area contributed by atoms with Crippen molar-refractivity contribution in [3.8, 4) is 0 Å². The lowest BCUT2D eigenvalue weighted by Crippen LogP contribution is -2.48. The average molecular weight is 463 g/mol. The molecule has 1 unspecified atom stereocenters. The van der Waals surface area contributed by atoms with Crippen LogP contribution in [0.1, 0.15) is 31.4 Å². The summed E-state index contributed by atoms with van der Waals surface area (Å²) < 4.78 is 44.6. The van der Waals surface area contributed by atoms with Gasteiger partial charge in [0.15, 0.2) is 0 Å². The third-order valence-corrected chi connectivity index (χ3v) is 6.06. The number of alkyl halides is 3. The summed E-state index contributed by atoms with van der Waals surface area (Å²) in [7, 11) is 0. The summed E-state index contributed by atoms with van der Waals surface area (Å²) in [6.45, 7) is 7.51. The molecule has 0 radical (unpaired) electrons. The number of amides is 1. The van der Waals surface area contributed by atoms with E-state index in [1.54, 1.807) is 0 Å². The molecule has 2 aromatic rings. The van der Waals surface area contributed by atoms with Crippen molar-refractivity contribution in [2.45, 2.75) is 44.5 Å². The van der Waals surface area contributed by atoms with Gasteiger partial charge in [0.1, 0.15) is 0 Å². The van der Waals surface area contributed by atoms with Crippen molar-refractivity contribution in [2.75, 3.05) is 42.6 Å². The number of nitrogens with one attached hydrogen (secondary N) is 1. The first kappa shape index (κ1) is 23.4. The van der Waals surface area contributed by atoms with E-state index in [9.17, 15) is 18.0 Å². The van der Waals surface area contributed by atoms with Crippen molar-refractivity contribution in [3.63, 3.8) is 0 Å². The molecule has 2 saturated heterocycles. The second-order valence-corrected chi connectivity index (χ2v) is 9.30. The number of carbonyl (C=O) groups excluding carboxylic acids is 1. The molecule has 1 amide bonds. The summed E-state index contributed by atoms with van der Waals surface area (Å²) >= 11 is 0. The Kier molecular flexibility index (Phi) is 6.52. The molecule has 1 atom stereocenters. The molecule has 2 fully saturated rings. The van der Waals surface area contributed by atoms with Gasteiger partial charge >= 0.3 is 6.18 Å². The number of nitrogens with zero attached hydrogens (tertiary/aromatic N) is 3. The smallest absolute Gasteiger partial charge is 0.372 e. The minimum atomic E-state index is -4.43. The first-order chi connectivity index (χ1) is 15.6. The maximum absolute atomic E-state index is 13.0. The number of aromatic nitrogens is 1. The number of hydrogen-bond acceptors (Lipinski definition) is 5. The molecule has 0 saturated carbocycles. The monoisotopic (exact) mass is 462 g/mol. The molecule has 1 aromatic heterocycles. The minimum Gasteiger partial charge on any atom is -0.372 e. The number of hydrogen-bond donors (Lipinski definition) is 1. The van der Waals surface area contributed by atoms with Gasteiger partial charge in [0, 0.05) is 44.1 Å². The molecule has 2 aliphatic heterocycles. The van der Waals surface area contributed by atoms with E-state index in [1.807, 2.05) is 29.2 Å². The molecule has 2 aliphatic rings. The quantitative estimate of drug-likeness (QED) is 0.735. The van der Waals surface area contributed by atoms with E-state index in [0.717, 1.165) is 36.6 Å². The number of ether oxygens (including phenoxy) is 1. The van der Waals surface area contributed by atoms with Crippen LogP contribution in [0.2, 0.25) is 0 Å². The summed E-state index contributed by atoms with van der Waals surface area (Å²) in [6.07, 6.45) is -1.24. The predicted octanol–water partition coefficient (Wildman–Crippen LogP) is 3.65. The van der Waals surface area contributed by atoms with E-state index in [1.165, 1.54) is 6.20 Å². The highest BCUT2D eigenvalue weighted by Gasteiger charge is 2.32. The van der Waals surface area contributed by atoms with Gasteiger partial charge in [0.2, 0.25) is 5.91 Å². The molecular weight excluding hydrogens is 433 g/mol. The van der Waals surface area contributed by atoms with Gasteiger partial charge in [-0.25, -0.2) is 0 Å². The third-order valence-electron chi connectivity index (χ3n) is 6.06. The summed E-state index contributed by atoms with van der Waals surface area (Å²) in [4.78, 5) is 20.4. The lowest BCUT2D eigenvalue weighted by atomic mass is 10.1. The lowest BCUT2D eigenvalue weighted by molar-refractivity contribution is -0.137. The number of benzene rings is 1. The molecule has 0 spiro atoms. The Bertz CT molecular complexity index is 978. The fourth-order valence-corrected chi connectivity index (χ4v) is 4.39. The lowest BCUT2D eigenvalue weighted by Gasteiger charge is -2.39. The standard InChI is InChI=1S/C24H29F3N4O2/c1-23(2)16-31(9-10-33-23)20-5-3-17(4-6-20)11-22(32)29-19-7-8-30(15-19)21-12-18(13-28-14-21)24(25,26)27/h3-6,12-14,19H,7-11,15-16H2,1-2H3,(H,29,32). The Morgan fingerprint density at radius 3 is 2.61 bits per heavy atom. The van der Waals surface area contributed by atoms with Crippen LogP contribution in [0.3, 0.4) is 0 Å². The summed E-state index contributed by atoms with van der Waals surface area (Å²) in [5.74, 6) is -0.0933. The van der Waals surface area contributed by atoms with Crippen LogP contribution in [-0.2, 0) is 22.1 Å². The topological polar surface area (TPSA) is 57.7 Å². The molecule has 178 valence electrons. The Hall–Kier alpha value is -2.81. The SMILES string of the molecule is CC1(C)CN(c2ccc(CC(=O)NC3CCN(c4cncc(C(F)(F)F)c4)C3)cc2)CCO1. The van der Waals surface area contributed by atoms with Crippen LogP contribution < -0.4 is 15.1 Å². The number of anilines is 2. The number of rotatable bonds is 5. The Morgan fingerprint density at radius 2 is 1.91 bits per heavy atom. The first-order valence-corrected chi connectivity index (χ1v) is 11.1. The van der Waals surface area contributed by atoms with Crippen LogP contribution in [0.5, 0.6) is 0 Å². The van der Waals surface area contributed by atoms with E-state index >= 15 is 0 Å². The van der Waals surface area contributed by atoms with Crippen molar-refractivity contribution in [1.82, 2.24) is 10.3 Å². The number of carbonyl (C=O) groups is 1. The van der Waals surface area contributed by atoms with Gasteiger partial charge in [0.25, 0.3) is 0 Å². The van der Waals surface area contributed by atoms with Gasteiger partial charge in [-0.2, -0.15) is 13.2 Å². The van der Waals surface area contributed by atoms with Gasteiger partial charge < -0.3 is 19.9 Å². The average Bonchev–Trinajstić information content (AvgIpc) is 3.21. The molecule has 1 aromatic carbocycles. The Labute approximate surface area is 191 Å². The van der Waals surface area contributed by atoms with Gasteiger partial charge in [-0.1, -0.05) is 12.1 Å². The normalized spacial score (nSPS) is 20.7. The van der Waals surface area contributed by atoms with E-state index in [-0.39, 0.29) is 24.0 Å². The third kappa shape index (κ3) is 5.96. The fraction of sp³-hybridized carbons (Fsp3) is 0.500. The number of pyridine rings is 1. The van der Waals surface area contributed by atoms with Gasteiger partial charge in [-0.3, -0.25) is 9.78 Å². The first-order valence-electron chi connectivity index (χ1n) is 11.1. The van der Waals surface area contributed by atoms with E-state index in [2.05, 4.69) is 29.0 Å². The maximum Gasteiger partial charge on any atom is 0.417 e. The molecule has 9 heteroatoms. The van der Waals surface area contributed by atoms with E-state index in [4.69, 9.17) is 4.74 Å². The molecule has 6 nitrogen and oxygen atoms in total. The van der Waals surface area contributed by atoms with E-state index < -0.39 is 11.7 Å². The Balaban J connectivity index is 1.29. The molecule has 3 heterocycles. The van der Waals surface area contributed by atoms with Gasteiger partial charge in [0.05, 0.1) is 36.1 Å². The van der Waals surface area contributed by atoms with Crippen molar-refractivity contribution >= 4 is 17.3 Å². The van der Waals surface area contributed by atoms with Gasteiger partial charge in [-0.05, 0) is 44.0 Å². The molecule has 0 aliphatic carbocycles. The van der Waals surface area contributed by atoms with Crippen LogP contribution in [0.25, 0.3) is 0 Å². The van der Waals surface area contributed by atoms with Crippen molar-refractivity contribution in [2.24, 2.45) is 0 Å². The van der Waals surface area contributed by atoms with Crippen molar-refractivity contribution < 1.29 is 22.7 Å². The highest BCUT2D eigenvalue weighted by atomic mass is 19.4. The van der Waals surface area contributed by atoms with Crippen LogP contribution in [-0.4, -0.2) is 55.3 Å². The Morgan fingerprint density at radius 1 is 1.15 bits per heavy atom. The zero-order chi connectivity index (χ0) is 23.6. The summed E-state index contributed by atoms with van der Waals surface area (Å²) in [5, 5.41) is 3.01. The van der Waals surface area contributed by atoms with Crippen LogP contribution in [0, 0.1) is 0 Å². The number of halogens is 3. The van der Waals surface area contributed by atoms with Crippen molar-refractivity contribution in [3.05, 3.63) is 53.9 Å². The highest BCUT2D eigenvalue weighted by molar-refractivity contribution is 5.79. The number of morpholine rings is 1. The molecule has 0 bridgehead atoms. The summed E-state index contributed by atoms with van der Waals surface area (Å²) in [5.41, 5.74) is 1.49. The van der Waals surface area contributed by atoms with Crippen LogP contribution >= 0.6 is 0 Å². The maximum atomic E-state index is 13.0. The van der Waals surface area contributed by atoms with Crippen LogP contribution in [0.15, 0.2) is 42.7 Å². The second-order valence-electron chi connectivity index (χ2n) is 9.30. The minimum absolute atomic E-state index is 0.0933. The summed E-state index contributed by atoms with van der Waals surface area (Å²) in [6, 6.07) is 8.99.